The van der Waals surface area contributed by atoms with Crippen LogP contribution < -0.4 is 20.1 Å². The van der Waals surface area contributed by atoms with Gasteiger partial charge in [-0.1, -0.05) is 12.1 Å². The van der Waals surface area contributed by atoms with Crippen molar-refractivity contribution in [3.8, 4) is 11.5 Å². The lowest BCUT2D eigenvalue weighted by atomic mass is 9.96. The van der Waals surface area contributed by atoms with Crippen molar-refractivity contribution in [2.45, 2.75) is 17.7 Å². The van der Waals surface area contributed by atoms with Gasteiger partial charge in [-0.05, 0) is 61.2 Å². The van der Waals surface area contributed by atoms with Crippen molar-refractivity contribution >= 4 is 45.9 Å². The minimum atomic E-state index is -0.0987. The van der Waals surface area contributed by atoms with Gasteiger partial charge in [0, 0.05) is 51.6 Å². The molecule has 0 atom stereocenters. The van der Waals surface area contributed by atoms with Crippen LogP contribution in [-0.2, 0) is 4.79 Å². The quantitative estimate of drug-likeness (QED) is 0.512. The second-order valence-electron chi connectivity index (χ2n) is 8.14. The van der Waals surface area contributed by atoms with E-state index in [1.807, 2.05) is 48.5 Å². The number of rotatable bonds is 6. The van der Waals surface area contributed by atoms with Gasteiger partial charge in [0.25, 0.3) is 5.91 Å². The fraction of sp³-hybridized carbons (Fsp3) is 0.280. The zero-order valence-corrected chi connectivity index (χ0v) is 19.3. The van der Waals surface area contributed by atoms with E-state index in [1.165, 1.54) is 0 Å². The minimum Gasteiger partial charge on any atom is -0.493 e. The predicted molar refractivity (Wildman–Crippen MR) is 130 cm³/mol. The zero-order chi connectivity index (χ0) is 22.9. The van der Waals surface area contributed by atoms with Crippen molar-refractivity contribution in [2.75, 3.05) is 37.9 Å². The largest absolute Gasteiger partial charge is 0.493 e. The Labute approximate surface area is 196 Å². The third-order valence-corrected chi connectivity index (χ3v) is 7.29. The summed E-state index contributed by atoms with van der Waals surface area (Å²) >= 11 is 1.67. The van der Waals surface area contributed by atoms with E-state index in [4.69, 9.17) is 9.47 Å². The Morgan fingerprint density at radius 1 is 1.06 bits per heavy atom. The molecule has 0 unspecified atom stereocenters. The molecule has 7 nitrogen and oxygen atoms in total. The third-order valence-electron chi connectivity index (χ3n) is 6.21. The monoisotopic (exact) mass is 463 g/mol. The van der Waals surface area contributed by atoms with Crippen molar-refractivity contribution in [1.82, 2.24) is 4.31 Å². The van der Waals surface area contributed by atoms with E-state index >= 15 is 0 Å². The molecule has 2 N–H and O–H groups in total. The number of ether oxygens (including phenoxy) is 2. The van der Waals surface area contributed by atoms with Crippen molar-refractivity contribution in [3.63, 3.8) is 0 Å². The first-order valence-electron chi connectivity index (χ1n) is 10.9. The highest BCUT2D eigenvalue weighted by Crippen LogP contribution is 2.38. The summed E-state index contributed by atoms with van der Waals surface area (Å²) in [7, 11) is 3.26. The summed E-state index contributed by atoms with van der Waals surface area (Å²) in [5.74, 6) is 1.30. The topological polar surface area (TPSA) is 79.9 Å². The first kappa shape index (κ1) is 21.6. The van der Waals surface area contributed by atoms with Gasteiger partial charge in [0.2, 0.25) is 5.91 Å². The summed E-state index contributed by atoms with van der Waals surface area (Å²) in [6.07, 6.45) is 1.57. The van der Waals surface area contributed by atoms with Crippen LogP contribution in [-0.4, -0.2) is 43.4 Å². The molecule has 170 valence electrons. The maximum absolute atomic E-state index is 13.0. The Hall–Kier alpha value is -3.23. The van der Waals surface area contributed by atoms with Gasteiger partial charge in [0.15, 0.2) is 11.5 Å². The number of carbonyl (C=O) groups is 2. The summed E-state index contributed by atoms with van der Waals surface area (Å²) in [6.45, 7) is 1.64. The number of anilines is 2. The van der Waals surface area contributed by atoms with Gasteiger partial charge >= 0.3 is 0 Å². The van der Waals surface area contributed by atoms with Gasteiger partial charge in [-0.2, -0.15) is 0 Å². The molecule has 33 heavy (non-hydrogen) atoms. The van der Waals surface area contributed by atoms with E-state index in [-0.39, 0.29) is 17.7 Å². The first-order valence-corrected chi connectivity index (χ1v) is 11.7. The lowest BCUT2D eigenvalue weighted by Crippen LogP contribution is -2.34. The molecule has 1 saturated heterocycles. The van der Waals surface area contributed by atoms with Crippen molar-refractivity contribution < 1.29 is 19.1 Å². The Balaban J connectivity index is 1.22. The van der Waals surface area contributed by atoms with Gasteiger partial charge in [0.1, 0.15) is 0 Å². The number of amides is 2. The number of methoxy groups -OCH3 is 2. The summed E-state index contributed by atoms with van der Waals surface area (Å²) in [5, 5.41) is 7.75. The van der Waals surface area contributed by atoms with E-state index in [0.717, 1.165) is 53.0 Å². The van der Waals surface area contributed by atoms with Crippen molar-refractivity contribution in [3.05, 3.63) is 54.1 Å². The van der Waals surface area contributed by atoms with Crippen LogP contribution in [0.2, 0.25) is 0 Å². The highest BCUT2D eigenvalue weighted by molar-refractivity contribution is 7.97. The average molecular weight is 464 g/mol. The molecular formula is C25H25N3O4S. The van der Waals surface area contributed by atoms with E-state index < -0.39 is 0 Å². The van der Waals surface area contributed by atoms with Crippen LogP contribution in [0.4, 0.5) is 11.4 Å². The van der Waals surface area contributed by atoms with Crippen LogP contribution in [0.1, 0.15) is 23.2 Å². The molecule has 0 bridgehead atoms. The van der Waals surface area contributed by atoms with Crippen LogP contribution in [0.15, 0.2) is 53.4 Å². The summed E-state index contributed by atoms with van der Waals surface area (Å²) in [4.78, 5) is 26.2. The van der Waals surface area contributed by atoms with Gasteiger partial charge < -0.3 is 20.1 Å². The van der Waals surface area contributed by atoms with Crippen LogP contribution in [0.25, 0.3) is 10.8 Å². The average Bonchev–Trinajstić information content (AvgIpc) is 3.18. The maximum Gasteiger partial charge on any atom is 0.256 e. The fourth-order valence-corrected chi connectivity index (χ4v) is 5.45. The van der Waals surface area contributed by atoms with Crippen LogP contribution in [0.3, 0.4) is 0 Å². The number of carbonyl (C=O) groups excluding carboxylic acids is 2. The minimum absolute atomic E-state index is 0.0313. The molecule has 3 aromatic rings. The van der Waals surface area contributed by atoms with E-state index in [9.17, 15) is 9.59 Å². The molecule has 0 radical (unpaired) electrons. The lowest BCUT2D eigenvalue weighted by Gasteiger charge is -2.30. The smallest absolute Gasteiger partial charge is 0.256 e. The lowest BCUT2D eigenvalue weighted by molar-refractivity contribution is -0.120. The molecule has 2 aliphatic heterocycles. The fourth-order valence-electron chi connectivity index (χ4n) is 4.47. The number of nitrogens with one attached hydrogen (secondary N) is 2. The number of nitrogens with zero attached hydrogens (tertiary/aromatic N) is 1. The number of hydrogen-bond donors (Lipinski definition) is 2. The van der Waals surface area contributed by atoms with Crippen molar-refractivity contribution in [1.29, 1.82) is 0 Å². The molecule has 0 aromatic heterocycles. The second kappa shape index (κ2) is 8.96. The molecular weight excluding hydrogens is 438 g/mol. The predicted octanol–water partition coefficient (Wildman–Crippen LogP) is 4.78. The van der Waals surface area contributed by atoms with Crippen LogP contribution in [0.5, 0.6) is 11.5 Å². The number of piperidine rings is 1. The summed E-state index contributed by atoms with van der Waals surface area (Å²) < 4.78 is 13.0. The standard InChI is InChI=1S/C25H25N3O4S/c1-31-21-9-6-16(14-22(21)32-2)33-28-12-10-15(11-13-28)24(29)26-19-7-8-20-23-17(19)4-3-5-18(23)25(30)27-20/h3-9,14-15H,10-13H2,1-2H3,(H,26,29)(H,27,30). The van der Waals surface area contributed by atoms with Gasteiger partial charge in [-0.3, -0.25) is 9.59 Å². The third kappa shape index (κ3) is 4.12. The van der Waals surface area contributed by atoms with Gasteiger partial charge in [-0.15, -0.1) is 0 Å². The Morgan fingerprint density at radius 3 is 2.61 bits per heavy atom. The normalized spacial score (nSPS) is 16.0. The molecule has 0 aliphatic carbocycles. The van der Waals surface area contributed by atoms with Gasteiger partial charge in [0.05, 0.1) is 14.2 Å². The molecule has 3 aromatic carbocycles. The Morgan fingerprint density at radius 2 is 1.85 bits per heavy atom. The maximum atomic E-state index is 13.0. The molecule has 2 amide bonds. The first-order chi connectivity index (χ1) is 16.1. The van der Waals surface area contributed by atoms with E-state index in [0.29, 0.717) is 17.1 Å². The molecule has 8 heteroatoms. The molecule has 2 heterocycles. The highest BCUT2D eigenvalue weighted by atomic mass is 32.2. The zero-order valence-electron chi connectivity index (χ0n) is 18.5. The van der Waals surface area contributed by atoms with E-state index in [2.05, 4.69) is 14.9 Å². The molecule has 0 spiro atoms. The molecule has 5 rings (SSSR count). The second-order valence-corrected chi connectivity index (χ2v) is 9.31. The number of hydrogen-bond acceptors (Lipinski definition) is 6. The molecule has 1 fully saturated rings. The van der Waals surface area contributed by atoms with E-state index in [1.54, 1.807) is 26.2 Å². The Kier molecular flexibility index (Phi) is 5.86. The van der Waals surface area contributed by atoms with Crippen LogP contribution >= 0.6 is 11.9 Å². The molecule has 0 saturated carbocycles. The molecule has 2 aliphatic rings. The van der Waals surface area contributed by atoms with Crippen LogP contribution in [0, 0.1) is 5.92 Å². The SMILES string of the molecule is COc1ccc(SN2CCC(C(=O)Nc3ccc4c5c(cccc35)C(=O)N4)CC2)cc1OC. The van der Waals surface area contributed by atoms with Crippen molar-refractivity contribution in [2.24, 2.45) is 5.92 Å². The van der Waals surface area contributed by atoms with Gasteiger partial charge in [-0.25, -0.2) is 4.31 Å². The summed E-state index contributed by atoms with van der Waals surface area (Å²) in [6, 6.07) is 15.2. The highest BCUT2D eigenvalue weighted by Gasteiger charge is 2.27. The Bertz CT molecular complexity index is 1240. The number of benzene rings is 3. The summed E-state index contributed by atoms with van der Waals surface area (Å²) in [5.41, 5.74) is 2.20.